The highest BCUT2D eigenvalue weighted by Crippen LogP contribution is 2.44. The molecule has 0 bridgehead atoms. The normalized spacial score (nSPS) is 19.4. The van der Waals surface area contributed by atoms with E-state index in [9.17, 15) is 9.90 Å². The zero-order valence-corrected chi connectivity index (χ0v) is 17.7. The molecule has 0 spiro atoms. The molecule has 1 aliphatic carbocycles. The van der Waals surface area contributed by atoms with E-state index in [1.807, 2.05) is 17.7 Å². The van der Waals surface area contributed by atoms with Crippen molar-refractivity contribution in [2.24, 2.45) is 5.73 Å². The number of aromatic hydroxyl groups is 1. The highest BCUT2D eigenvalue weighted by Gasteiger charge is 2.25. The number of fused-ring (bicyclic) bond motifs is 3. The minimum atomic E-state index is -0.0833. The van der Waals surface area contributed by atoms with Crippen molar-refractivity contribution in [3.8, 4) is 16.9 Å². The molecule has 4 N–H and O–H groups in total. The van der Waals surface area contributed by atoms with E-state index in [-0.39, 0.29) is 17.4 Å². The third-order valence-electron chi connectivity index (χ3n) is 6.07. The molecule has 0 unspecified atom stereocenters. The Labute approximate surface area is 176 Å². The molecule has 0 amide bonds. The molecule has 0 aliphatic heterocycles. The third kappa shape index (κ3) is 2.98. The van der Waals surface area contributed by atoms with E-state index in [1.54, 1.807) is 6.07 Å². The number of aromatic amines is 1. The SMILES string of the molecule is CSc1cc(O)c(-c2ccc([C@@H]3CCC[C@H]3N)cc2)c2c1[nH]c(=O)c1sccc12. The first kappa shape index (κ1) is 18.7. The van der Waals surface area contributed by atoms with Gasteiger partial charge < -0.3 is 15.8 Å². The van der Waals surface area contributed by atoms with Crippen molar-refractivity contribution in [1.29, 1.82) is 0 Å². The van der Waals surface area contributed by atoms with Gasteiger partial charge in [0.15, 0.2) is 0 Å². The van der Waals surface area contributed by atoms with Crippen LogP contribution in [-0.2, 0) is 0 Å². The van der Waals surface area contributed by atoms with Gasteiger partial charge in [0.2, 0.25) is 0 Å². The number of phenolic OH excluding ortho intramolecular Hbond substituents is 1. The molecule has 0 radical (unpaired) electrons. The molecule has 1 saturated carbocycles. The Bertz CT molecular complexity index is 1270. The number of hydrogen-bond acceptors (Lipinski definition) is 5. The van der Waals surface area contributed by atoms with Crippen molar-refractivity contribution in [2.75, 3.05) is 6.26 Å². The minimum Gasteiger partial charge on any atom is -0.507 e. The average Bonchev–Trinajstić information content (AvgIpc) is 3.38. The van der Waals surface area contributed by atoms with E-state index in [0.29, 0.717) is 10.6 Å². The fourth-order valence-corrected chi connectivity index (χ4v) is 6.03. The van der Waals surface area contributed by atoms with Gasteiger partial charge in [0.25, 0.3) is 5.56 Å². The lowest BCUT2D eigenvalue weighted by molar-refractivity contribution is 0.476. The van der Waals surface area contributed by atoms with Crippen LogP contribution in [0.5, 0.6) is 5.75 Å². The zero-order chi connectivity index (χ0) is 20.1. The smallest absolute Gasteiger partial charge is 0.266 e. The van der Waals surface area contributed by atoms with Gasteiger partial charge in [-0.15, -0.1) is 23.1 Å². The van der Waals surface area contributed by atoms with Gasteiger partial charge in [0.05, 0.1) is 5.52 Å². The summed E-state index contributed by atoms with van der Waals surface area (Å²) in [5.41, 5.74) is 9.94. The number of hydrogen-bond donors (Lipinski definition) is 3. The molecule has 4 nitrogen and oxygen atoms in total. The summed E-state index contributed by atoms with van der Waals surface area (Å²) in [6.45, 7) is 0. The van der Waals surface area contributed by atoms with E-state index >= 15 is 0 Å². The highest BCUT2D eigenvalue weighted by atomic mass is 32.2. The number of nitrogens with one attached hydrogen (secondary N) is 1. The van der Waals surface area contributed by atoms with Crippen LogP contribution in [-0.4, -0.2) is 22.4 Å². The number of benzene rings is 2. The number of rotatable bonds is 3. The second-order valence-corrected chi connectivity index (χ2v) is 9.43. The lowest BCUT2D eigenvalue weighted by atomic mass is 9.91. The van der Waals surface area contributed by atoms with Crippen molar-refractivity contribution >= 4 is 44.1 Å². The first-order valence-electron chi connectivity index (χ1n) is 9.77. The number of H-pyrrole nitrogens is 1. The van der Waals surface area contributed by atoms with Gasteiger partial charge in [-0.05, 0) is 53.7 Å². The van der Waals surface area contributed by atoms with Crippen molar-refractivity contribution in [1.82, 2.24) is 4.98 Å². The monoisotopic (exact) mass is 422 g/mol. The van der Waals surface area contributed by atoms with Crippen molar-refractivity contribution < 1.29 is 5.11 Å². The number of aromatic nitrogens is 1. The number of thiophene rings is 1. The number of nitrogens with two attached hydrogens (primary N) is 1. The number of thioether (sulfide) groups is 1. The second kappa shape index (κ2) is 7.20. The maximum absolute atomic E-state index is 12.5. The molecule has 4 aromatic rings. The fraction of sp³-hybridized carbons (Fsp3) is 0.261. The Morgan fingerprint density at radius 2 is 2.00 bits per heavy atom. The topological polar surface area (TPSA) is 79.1 Å². The van der Waals surface area contributed by atoms with Crippen LogP contribution in [0.15, 0.2) is 51.5 Å². The summed E-state index contributed by atoms with van der Waals surface area (Å²) >= 11 is 2.94. The van der Waals surface area contributed by atoms with Crippen LogP contribution in [0.4, 0.5) is 0 Å². The molecule has 29 heavy (non-hydrogen) atoms. The highest BCUT2D eigenvalue weighted by molar-refractivity contribution is 7.98. The summed E-state index contributed by atoms with van der Waals surface area (Å²) in [5.74, 6) is 0.639. The van der Waals surface area contributed by atoms with Crippen LogP contribution >= 0.6 is 23.1 Å². The van der Waals surface area contributed by atoms with E-state index in [2.05, 4.69) is 29.2 Å². The molecular weight excluding hydrogens is 400 g/mol. The van der Waals surface area contributed by atoms with Gasteiger partial charge in [-0.2, -0.15) is 0 Å². The Morgan fingerprint density at radius 3 is 2.69 bits per heavy atom. The van der Waals surface area contributed by atoms with Crippen molar-refractivity contribution in [2.45, 2.75) is 36.1 Å². The summed E-state index contributed by atoms with van der Waals surface area (Å²) < 4.78 is 0.685. The van der Waals surface area contributed by atoms with Gasteiger partial charge >= 0.3 is 0 Å². The maximum Gasteiger partial charge on any atom is 0.266 e. The lowest BCUT2D eigenvalue weighted by Crippen LogP contribution is -2.22. The van der Waals surface area contributed by atoms with E-state index in [1.165, 1.54) is 35.1 Å². The average molecular weight is 423 g/mol. The minimum absolute atomic E-state index is 0.0833. The summed E-state index contributed by atoms with van der Waals surface area (Å²) in [6, 6.07) is 12.3. The van der Waals surface area contributed by atoms with Crippen molar-refractivity contribution in [3.63, 3.8) is 0 Å². The predicted octanol–water partition coefficient (Wildman–Crippen LogP) is 5.43. The standard InChI is InChI=1S/C23H22N2O2S2/c1-28-18-11-17(26)19(20-15-9-10-29-22(15)23(27)25-21(18)20)13-7-5-12(6-8-13)14-3-2-4-16(14)24/h5-11,14,16,26H,2-4,24H2,1H3,(H,25,27)/t14-,16+/m0/s1. The van der Waals surface area contributed by atoms with E-state index in [0.717, 1.165) is 45.2 Å². The molecule has 2 aromatic carbocycles. The molecule has 2 heterocycles. The van der Waals surface area contributed by atoms with Gasteiger partial charge in [0.1, 0.15) is 10.4 Å². The summed E-state index contributed by atoms with van der Waals surface area (Å²) in [7, 11) is 0. The summed E-state index contributed by atoms with van der Waals surface area (Å²) in [5, 5.41) is 14.7. The maximum atomic E-state index is 12.5. The quantitative estimate of drug-likeness (QED) is 0.385. The fourth-order valence-electron chi connectivity index (χ4n) is 4.64. The summed E-state index contributed by atoms with van der Waals surface area (Å²) in [6.07, 6.45) is 5.34. The molecule has 5 rings (SSSR count). The predicted molar refractivity (Wildman–Crippen MR) is 123 cm³/mol. The van der Waals surface area contributed by atoms with Crippen molar-refractivity contribution in [3.05, 3.63) is 57.7 Å². The van der Waals surface area contributed by atoms with Gasteiger partial charge in [-0.1, -0.05) is 30.7 Å². The Morgan fingerprint density at radius 1 is 1.21 bits per heavy atom. The lowest BCUT2D eigenvalue weighted by Gasteiger charge is -2.17. The number of pyridine rings is 1. The molecule has 0 saturated heterocycles. The first-order chi connectivity index (χ1) is 14.1. The van der Waals surface area contributed by atoms with Crippen LogP contribution < -0.4 is 11.3 Å². The van der Waals surface area contributed by atoms with Gasteiger partial charge in [-0.25, -0.2) is 0 Å². The van der Waals surface area contributed by atoms with E-state index in [4.69, 9.17) is 5.73 Å². The first-order valence-corrected chi connectivity index (χ1v) is 11.9. The Hall–Kier alpha value is -2.28. The van der Waals surface area contributed by atoms with Crippen LogP contribution in [0.25, 0.3) is 32.1 Å². The second-order valence-electron chi connectivity index (χ2n) is 7.66. The molecule has 1 aliphatic rings. The Balaban J connectivity index is 1.75. The molecule has 6 heteroatoms. The van der Waals surface area contributed by atoms with Crippen LogP contribution in [0.3, 0.4) is 0 Å². The largest absolute Gasteiger partial charge is 0.507 e. The molecule has 148 valence electrons. The molecular formula is C23H22N2O2S2. The van der Waals surface area contributed by atoms with Crippen LogP contribution in [0.1, 0.15) is 30.7 Å². The molecule has 2 aromatic heterocycles. The molecule has 2 atom stereocenters. The summed E-state index contributed by atoms with van der Waals surface area (Å²) in [4.78, 5) is 16.5. The van der Waals surface area contributed by atoms with E-state index < -0.39 is 0 Å². The Kier molecular flexibility index (Phi) is 4.65. The van der Waals surface area contributed by atoms with Gasteiger partial charge in [-0.3, -0.25) is 4.79 Å². The molecule has 1 fully saturated rings. The van der Waals surface area contributed by atoms with Crippen LogP contribution in [0, 0.1) is 0 Å². The zero-order valence-electron chi connectivity index (χ0n) is 16.1. The van der Waals surface area contributed by atoms with Crippen LogP contribution in [0.2, 0.25) is 0 Å². The third-order valence-corrected chi connectivity index (χ3v) is 7.74. The van der Waals surface area contributed by atoms with Gasteiger partial charge in [0, 0.05) is 27.3 Å². The number of phenols is 1.